The zero-order valence-electron chi connectivity index (χ0n) is 11.1. The van der Waals surface area contributed by atoms with E-state index in [1.807, 2.05) is 12.3 Å². The molecule has 4 nitrogen and oxygen atoms in total. The summed E-state index contributed by atoms with van der Waals surface area (Å²) < 4.78 is 5.08. The van der Waals surface area contributed by atoms with Crippen molar-refractivity contribution in [3.8, 4) is 0 Å². The van der Waals surface area contributed by atoms with Crippen LogP contribution in [0.25, 0.3) is 0 Å². The number of aryl methyl sites for hydroxylation is 1. The summed E-state index contributed by atoms with van der Waals surface area (Å²) in [5.74, 6) is 0. The highest BCUT2D eigenvalue weighted by molar-refractivity contribution is 9.10. The summed E-state index contributed by atoms with van der Waals surface area (Å²) in [5.41, 5.74) is 2.16. The first-order valence-electron chi connectivity index (χ1n) is 6.39. The highest BCUT2D eigenvalue weighted by Gasteiger charge is 2.18. The third-order valence-corrected chi connectivity index (χ3v) is 4.24. The highest BCUT2D eigenvalue weighted by Crippen LogP contribution is 2.24. The monoisotopic (exact) mass is 340 g/mol. The molecule has 0 aromatic carbocycles. The van der Waals surface area contributed by atoms with Gasteiger partial charge in [0.25, 0.3) is 0 Å². The van der Waals surface area contributed by atoms with Gasteiger partial charge < -0.3 is 5.32 Å². The van der Waals surface area contributed by atoms with Crippen LogP contribution < -0.4 is 5.32 Å². The maximum Gasteiger partial charge on any atom is 0.0801 e. The van der Waals surface area contributed by atoms with Crippen LogP contribution in [-0.2, 0) is 12.8 Å². The molecule has 2 aromatic rings. The molecule has 1 N–H and O–H groups in total. The lowest BCUT2D eigenvalue weighted by Gasteiger charge is -2.16. The Hall–Kier alpha value is -0.850. The highest BCUT2D eigenvalue weighted by atomic mass is 79.9. The van der Waals surface area contributed by atoms with E-state index in [0.29, 0.717) is 0 Å². The fourth-order valence-electron chi connectivity index (χ4n) is 1.97. The van der Waals surface area contributed by atoms with Crippen LogP contribution in [-0.4, -0.2) is 21.1 Å². The number of pyridine rings is 1. The van der Waals surface area contributed by atoms with E-state index in [-0.39, 0.29) is 6.04 Å². The Labute approximate surface area is 126 Å². The minimum absolute atomic E-state index is 0.244. The summed E-state index contributed by atoms with van der Waals surface area (Å²) >= 11 is 4.89. The largest absolute Gasteiger partial charge is 0.309 e. The first-order valence-corrected chi connectivity index (χ1v) is 7.96. The van der Waals surface area contributed by atoms with E-state index >= 15 is 0 Å². The van der Waals surface area contributed by atoms with Gasteiger partial charge in [0.15, 0.2) is 0 Å². The summed E-state index contributed by atoms with van der Waals surface area (Å²) in [6.07, 6.45) is 3.61. The molecule has 2 heterocycles. The van der Waals surface area contributed by atoms with Gasteiger partial charge in [-0.2, -0.15) is 0 Å². The number of nitrogens with zero attached hydrogens (tertiary/aromatic N) is 3. The number of hydrogen-bond donors (Lipinski definition) is 1. The first kappa shape index (κ1) is 14.6. The Balaban J connectivity index is 2.18. The number of rotatable bonds is 6. The molecular weight excluding hydrogens is 324 g/mol. The summed E-state index contributed by atoms with van der Waals surface area (Å²) in [5, 5.41) is 7.70. The zero-order valence-corrected chi connectivity index (χ0v) is 13.5. The SMILES string of the molecule is CCNC(Cc1ccc(Br)cn1)c1snnc1CC. The summed E-state index contributed by atoms with van der Waals surface area (Å²) in [4.78, 5) is 5.67. The summed E-state index contributed by atoms with van der Waals surface area (Å²) in [6.45, 7) is 5.14. The Morgan fingerprint density at radius 1 is 1.37 bits per heavy atom. The number of aromatic nitrogens is 3. The quantitative estimate of drug-likeness (QED) is 0.877. The lowest BCUT2D eigenvalue weighted by molar-refractivity contribution is 0.547. The van der Waals surface area contributed by atoms with Gasteiger partial charge in [0.1, 0.15) is 0 Å². The Kier molecular flexibility index (Phi) is 5.42. The molecule has 2 rings (SSSR count). The van der Waals surface area contributed by atoms with E-state index in [1.165, 1.54) is 16.4 Å². The van der Waals surface area contributed by atoms with Gasteiger partial charge >= 0.3 is 0 Å². The third kappa shape index (κ3) is 3.81. The van der Waals surface area contributed by atoms with Crippen LogP contribution in [0.5, 0.6) is 0 Å². The molecule has 0 spiro atoms. The van der Waals surface area contributed by atoms with Gasteiger partial charge in [-0.15, -0.1) is 5.10 Å². The Morgan fingerprint density at radius 3 is 2.84 bits per heavy atom. The molecule has 6 heteroatoms. The second kappa shape index (κ2) is 7.07. The van der Waals surface area contributed by atoms with E-state index in [1.54, 1.807) is 0 Å². The molecule has 1 unspecified atom stereocenters. The van der Waals surface area contributed by atoms with E-state index in [2.05, 4.69) is 55.7 Å². The molecule has 0 aliphatic heterocycles. The molecular formula is C13H17BrN4S. The number of likely N-dealkylation sites (N-methyl/N-ethyl adjacent to an activating group) is 1. The summed E-state index contributed by atoms with van der Waals surface area (Å²) in [6, 6.07) is 4.32. The smallest absolute Gasteiger partial charge is 0.0801 e. The van der Waals surface area contributed by atoms with Crippen LogP contribution >= 0.6 is 27.5 Å². The maximum absolute atomic E-state index is 4.44. The topological polar surface area (TPSA) is 50.7 Å². The van der Waals surface area contributed by atoms with Crippen LogP contribution in [0.3, 0.4) is 0 Å². The fourth-order valence-corrected chi connectivity index (χ4v) is 3.01. The second-order valence-corrected chi connectivity index (χ2v) is 5.92. The second-order valence-electron chi connectivity index (χ2n) is 4.22. The number of hydrogen-bond acceptors (Lipinski definition) is 5. The molecule has 0 aliphatic rings. The average molecular weight is 341 g/mol. The average Bonchev–Trinajstić information content (AvgIpc) is 2.89. The van der Waals surface area contributed by atoms with Crippen molar-refractivity contribution in [1.82, 2.24) is 19.9 Å². The van der Waals surface area contributed by atoms with Crippen molar-refractivity contribution < 1.29 is 0 Å². The van der Waals surface area contributed by atoms with Crippen LogP contribution in [0, 0.1) is 0 Å². The van der Waals surface area contributed by atoms with E-state index < -0.39 is 0 Å². The van der Waals surface area contributed by atoms with E-state index in [9.17, 15) is 0 Å². The van der Waals surface area contributed by atoms with Crippen molar-refractivity contribution in [2.75, 3.05) is 6.54 Å². The fraction of sp³-hybridized carbons (Fsp3) is 0.462. The van der Waals surface area contributed by atoms with Gasteiger partial charge in [0.05, 0.1) is 16.6 Å². The van der Waals surface area contributed by atoms with Crippen LogP contribution in [0.2, 0.25) is 0 Å². The van der Waals surface area contributed by atoms with Crippen molar-refractivity contribution >= 4 is 27.5 Å². The molecule has 1 atom stereocenters. The third-order valence-electron chi connectivity index (χ3n) is 2.89. The molecule has 19 heavy (non-hydrogen) atoms. The van der Waals surface area contributed by atoms with Crippen LogP contribution in [0.15, 0.2) is 22.8 Å². The molecule has 0 amide bonds. The lowest BCUT2D eigenvalue weighted by Crippen LogP contribution is -2.23. The minimum Gasteiger partial charge on any atom is -0.309 e. The molecule has 0 saturated heterocycles. The Bertz CT molecular complexity index is 512. The van der Waals surface area contributed by atoms with Gasteiger partial charge in [-0.1, -0.05) is 18.3 Å². The molecule has 0 aliphatic carbocycles. The van der Waals surface area contributed by atoms with Gasteiger partial charge in [-0.3, -0.25) is 4.98 Å². The lowest BCUT2D eigenvalue weighted by atomic mass is 10.1. The van der Waals surface area contributed by atoms with Crippen LogP contribution in [0.4, 0.5) is 0 Å². The van der Waals surface area contributed by atoms with E-state index in [4.69, 9.17) is 0 Å². The molecule has 0 radical (unpaired) electrons. The van der Waals surface area contributed by atoms with Crippen molar-refractivity contribution in [1.29, 1.82) is 0 Å². The number of nitrogens with one attached hydrogen (secondary N) is 1. The van der Waals surface area contributed by atoms with Crippen molar-refractivity contribution in [3.05, 3.63) is 39.1 Å². The van der Waals surface area contributed by atoms with Crippen LogP contribution in [0.1, 0.15) is 36.2 Å². The predicted molar refractivity (Wildman–Crippen MR) is 81.3 cm³/mol. The molecule has 0 fully saturated rings. The predicted octanol–water partition coefficient (Wildman–Crippen LogP) is 3.15. The zero-order chi connectivity index (χ0) is 13.7. The van der Waals surface area contributed by atoms with Crippen molar-refractivity contribution in [2.45, 2.75) is 32.7 Å². The Morgan fingerprint density at radius 2 is 2.21 bits per heavy atom. The first-order chi connectivity index (χ1) is 9.24. The van der Waals surface area contributed by atoms with Crippen molar-refractivity contribution in [2.24, 2.45) is 0 Å². The maximum atomic E-state index is 4.44. The van der Waals surface area contributed by atoms with Gasteiger partial charge in [0, 0.05) is 22.8 Å². The normalized spacial score (nSPS) is 12.6. The van der Waals surface area contributed by atoms with Gasteiger partial charge in [-0.05, 0) is 52.6 Å². The number of halogens is 1. The van der Waals surface area contributed by atoms with E-state index in [0.717, 1.165) is 35.2 Å². The summed E-state index contributed by atoms with van der Waals surface area (Å²) in [7, 11) is 0. The molecule has 0 saturated carbocycles. The minimum atomic E-state index is 0.244. The van der Waals surface area contributed by atoms with Gasteiger partial charge in [0.2, 0.25) is 0 Å². The van der Waals surface area contributed by atoms with Crippen molar-refractivity contribution in [3.63, 3.8) is 0 Å². The molecule has 0 bridgehead atoms. The standard InChI is InChI=1S/C13H17BrN4S/c1-3-11-13(19-18-17-11)12(15-4-2)7-10-6-5-9(14)8-16-10/h5-6,8,12,15H,3-4,7H2,1-2H3. The molecule has 2 aromatic heterocycles. The van der Waals surface area contributed by atoms with Gasteiger partial charge in [-0.25, -0.2) is 0 Å². The molecule has 102 valence electrons.